The molecule has 1 saturated carbocycles. The molecule has 0 saturated heterocycles. The van der Waals surface area contributed by atoms with Gasteiger partial charge in [0.1, 0.15) is 23.9 Å². The quantitative estimate of drug-likeness (QED) is 0.501. The van der Waals surface area contributed by atoms with E-state index in [4.69, 9.17) is 9.47 Å². The molecule has 0 radical (unpaired) electrons. The van der Waals surface area contributed by atoms with Gasteiger partial charge in [-0.3, -0.25) is 14.4 Å². The van der Waals surface area contributed by atoms with Gasteiger partial charge in [-0.2, -0.15) is 0 Å². The van der Waals surface area contributed by atoms with Gasteiger partial charge in [-0.05, 0) is 24.8 Å². The SMILES string of the molecule is CC[C@H](C)[C@@H]1NCCOc2ccccc2/C=C\CNC(=O)[C@H](COC)NC(=O)C2(CCCC2)NC1=O. The Morgan fingerprint density at radius 2 is 1.89 bits per heavy atom. The highest BCUT2D eigenvalue weighted by Crippen LogP contribution is 2.30. The molecule has 0 aromatic heterocycles. The van der Waals surface area contributed by atoms with Crippen LogP contribution in [0.25, 0.3) is 6.08 Å². The molecule has 1 fully saturated rings. The van der Waals surface area contributed by atoms with E-state index in [1.807, 2.05) is 50.3 Å². The van der Waals surface area contributed by atoms with Crippen LogP contribution >= 0.6 is 0 Å². The van der Waals surface area contributed by atoms with Crippen LogP contribution in [0, 0.1) is 5.92 Å². The van der Waals surface area contributed by atoms with Crippen LogP contribution in [0.2, 0.25) is 0 Å². The third-order valence-corrected chi connectivity index (χ3v) is 7.04. The van der Waals surface area contributed by atoms with Crippen LogP contribution in [0.5, 0.6) is 5.75 Å². The summed E-state index contributed by atoms with van der Waals surface area (Å²) in [6.07, 6.45) is 7.24. The molecular formula is C27H40N4O5. The molecule has 9 heteroatoms. The van der Waals surface area contributed by atoms with Gasteiger partial charge >= 0.3 is 0 Å². The normalized spacial score (nSPS) is 25.4. The van der Waals surface area contributed by atoms with E-state index in [-0.39, 0.29) is 36.8 Å². The molecule has 1 heterocycles. The second-order valence-corrected chi connectivity index (χ2v) is 9.61. The summed E-state index contributed by atoms with van der Waals surface area (Å²) in [5, 5.41) is 12.1. The Labute approximate surface area is 213 Å². The number of rotatable bonds is 4. The number of benzene rings is 1. The molecular weight excluding hydrogens is 460 g/mol. The number of fused-ring (bicyclic) bond motifs is 1. The summed E-state index contributed by atoms with van der Waals surface area (Å²) in [6.45, 7) is 5.22. The number of methoxy groups -OCH3 is 1. The molecule has 3 amide bonds. The second-order valence-electron chi connectivity index (χ2n) is 9.61. The van der Waals surface area contributed by atoms with E-state index in [1.54, 1.807) is 0 Å². The van der Waals surface area contributed by atoms with Gasteiger partial charge in [-0.15, -0.1) is 0 Å². The zero-order chi connectivity index (χ0) is 26.0. The van der Waals surface area contributed by atoms with Gasteiger partial charge in [-0.1, -0.05) is 63.5 Å². The average Bonchev–Trinajstić information content (AvgIpc) is 3.35. The van der Waals surface area contributed by atoms with Crippen molar-refractivity contribution < 1.29 is 23.9 Å². The van der Waals surface area contributed by atoms with Gasteiger partial charge in [0.15, 0.2) is 0 Å². The van der Waals surface area contributed by atoms with Gasteiger partial charge in [0.25, 0.3) is 0 Å². The number of para-hydroxylation sites is 1. The van der Waals surface area contributed by atoms with Crippen molar-refractivity contribution in [2.24, 2.45) is 5.92 Å². The molecule has 4 N–H and O–H groups in total. The van der Waals surface area contributed by atoms with Crippen LogP contribution in [-0.4, -0.2) is 68.8 Å². The lowest BCUT2D eigenvalue weighted by Crippen LogP contribution is -2.64. The van der Waals surface area contributed by atoms with Gasteiger partial charge in [0, 0.05) is 25.8 Å². The first kappa shape index (κ1) is 27.7. The smallest absolute Gasteiger partial charge is 0.246 e. The maximum atomic E-state index is 13.5. The summed E-state index contributed by atoms with van der Waals surface area (Å²) < 4.78 is 11.2. The molecule has 2 aliphatic rings. The fourth-order valence-electron chi connectivity index (χ4n) is 4.73. The summed E-state index contributed by atoms with van der Waals surface area (Å²) in [4.78, 5) is 39.8. The highest BCUT2D eigenvalue weighted by molar-refractivity contribution is 5.96. The van der Waals surface area contributed by atoms with E-state index in [1.165, 1.54) is 7.11 Å². The third-order valence-electron chi connectivity index (χ3n) is 7.04. The highest BCUT2D eigenvalue weighted by Gasteiger charge is 2.45. The lowest BCUT2D eigenvalue weighted by Gasteiger charge is -2.34. The summed E-state index contributed by atoms with van der Waals surface area (Å²) in [6, 6.07) is 6.30. The van der Waals surface area contributed by atoms with Crippen LogP contribution in [-0.2, 0) is 19.1 Å². The van der Waals surface area contributed by atoms with Crippen molar-refractivity contribution in [3.05, 3.63) is 35.9 Å². The largest absolute Gasteiger partial charge is 0.492 e. The molecule has 198 valence electrons. The Morgan fingerprint density at radius 1 is 1.14 bits per heavy atom. The fourth-order valence-corrected chi connectivity index (χ4v) is 4.73. The van der Waals surface area contributed by atoms with Gasteiger partial charge < -0.3 is 30.7 Å². The molecule has 3 rings (SSSR count). The lowest BCUT2D eigenvalue weighted by molar-refractivity contribution is -0.137. The molecule has 3 atom stereocenters. The summed E-state index contributed by atoms with van der Waals surface area (Å²) in [5.41, 5.74) is -0.161. The van der Waals surface area contributed by atoms with Gasteiger partial charge in [0.2, 0.25) is 17.7 Å². The Balaban J connectivity index is 1.88. The Hall–Kier alpha value is -2.91. The van der Waals surface area contributed by atoms with Crippen LogP contribution in [0.1, 0.15) is 51.5 Å². The molecule has 0 bridgehead atoms. The van der Waals surface area contributed by atoms with E-state index in [0.29, 0.717) is 26.0 Å². The van der Waals surface area contributed by atoms with Crippen molar-refractivity contribution in [2.45, 2.75) is 63.6 Å². The molecule has 0 unspecified atom stereocenters. The molecule has 9 nitrogen and oxygen atoms in total. The summed E-state index contributed by atoms with van der Waals surface area (Å²) in [7, 11) is 1.48. The van der Waals surface area contributed by atoms with Crippen molar-refractivity contribution in [2.75, 3.05) is 33.4 Å². The second kappa shape index (κ2) is 13.4. The Kier molecular flexibility index (Phi) is 10.3. The predicted octanol–water partition coefficient (Wildman–Crippen LogP) is 1.77. The monoisotopic (exact) mass is 500 g/mol. The van der Waals surface area contributed by atoms with E-state index in [9.17, 15) is 14.4 Å². The minimum Gasteiger partial charge on any atom is -0.492 e. The first-order chi connectivity index (χ1) is 17.4. The summed E-state index contributed by atoms with van der Waals surface area (Å²) in [5.74, 6) is -0.124. The molecule has 1 aliphatic carbocycles. The number of hydrogen-bond donors (Lipinski definition) is 4. The van der Waals surface area contributed by atoms with Gasteiger partial charge in [-0.25, -0.2) is 0 Å². The van der Waals surface area contributed by atoms with Crippen molar-refractivity contribution in [3.63, 3.8) is 0 Å². The number of ether oxygens (including phenoxy) is 2. The number of nitrogens with one attached hydrogen (secondary N) is 4. The number of carbonyl (C=O) groups excluding carboxylic acids is 3. The van der Waals surface area contributed by atoms with Crippen molar-refractivity contribution >= 4 is 23.8 Å². The molecule has 1 aromatic rings. The van der Waals surface area contributed by atoms with Gasteiger partial charge in [0.05, 0.1) is 12.6 Å². The van der Waals surface area contributed by atoms with Crippen LogP contribution < -0.4 is 26.0 Å². The minimum atomic E-state index is -1.04. The number of hydrogen-bond acceptors (Lipinski definition) is 6. The summed E-state index contributed by atoms with van der Waals surface area (Å²) >= 11 is 0. The van der Waals surface area contributed by atoms with Crippen LogP contribution in [0.3, 0.4) is 0 Å². The number of amides is 3. The van der Waals surface area contributed by atoms with Crippen molar-refractivity contribution in [1.82, 2.24) is 21.3 Å². The fraction of sp³-hybridized carbons (Fsp3) is 0.593. The maximum absolute atomic E-state index is 13.5. The predicted molar refractivity (Wildman–Crippen MR) is 138 cm³/mol. The zero-order valence-corrected chi connectivity index (χ0v) is 21.6. The van der Waals surface area contributed by atoms with E-state index in [0.717, 1.165) is 30.6 Å². The molecule has 36 heavy (non-hydrogen) atoms. The van der Waals surface area contributed by atoms with E-state index in [2.05, 4.69) is 21.3 Å². The molecule has 1 spiro atoms. The van der Waals surface area contributed by atoms with Crippen LogP contribution in [0.15, 0.2) is 30.3 Å². The third kappa shape index (κ3) is 7.07. The minimum absolute atomic E-state index is 0.0268. The van der Waals surface area contributed by atoms with E-state index < -0.39 is 17.6 Å². The van der Waals surface area contributed by atoms with Crippen molar-refractivity contribution in [3.8, 4) is 5.75 Å². The first-order valence-corrected chi connectivity index (χ1v) is 12.9. The average molecular weight is 501 g/mol. The standard InChI is InChI=1S/C27H40N4O5/c1-4-19(2)23-25(33)31-27(13-7-8-14-27)26(34)30-21(18-35-3)24(32)29-15-9-11-20-10-5-6-12-22(20)36-17-16-28-23/h5-6,9-12,19,21,23,28H,4,7-8,13-18H2,1-3H3,(H,29,32)(H,30,34)(H,31,33)/b11-9-/t19-,21-,23-/m0/s1. The highest BCUT2D eigenvalue weighted by atomic mass is 16.5. The molecule has 1 aromatic carbocycles. The lowest BCUT2D eigenvalue weighted by atomic mass is 9.92. The van der Waals surface area contributed by atoms with Crippen molar-refractivity contribution in [1.29, 1.82) is 0 Å². The first-order valence-electron chi connectivity index (χ1n) is 12.9. The van der Waals surface area contributed by atoms with E-state index >= 15 is 0 Å². The Bertz CT molecular complexity index is 928. The molecule has 1 aliphatic heterocycles. The maximum Gasteiger partial charge on any atom is 0.246 e. The topological polar surface area (TPSA) is 118 Å². The zero-order valence-electron chi connectivity index (χ0n) is 21.6. The number of carbonyl (C=O) groups is 3. The van der Waals surface area contributed by atoms with Crippen LogP contribution in [0.4, 0.5) is 0 Å². The Morgan fingerprint density at radius 3 is 2.61 bits per heavy atom.